The summed E-state index contributed by atoms with van der Waals surface area (Å²) in [5.74, 6) is 3.92. The van der Waals surface area contributed by atoms with Gasteiger partial charge in [0.1, 0.15) is 4.88 Å². The number of hydrogen-bond donors (Lipinski definition) is 0. The van der Waals surface area contributed by atoms with E-state index in [9.17, 15) is 9.59 Å². The molecule has 140 valence electrons. The van der Waals surface area contributed by atoms with E-state index in [0.29, 0.717) is 35.1 Å². The minimum atomic E-state index is -0.00613. The van der Waals surface area contributed by atoms with Gasteiger partial charge in [0, 0.05) is 26.1 Å². The molecule has 0 aromatic carbocycles. The molecule has 4 aliphatic carbocycles. The fraction of sp³-hybridized carbons (Fsp3) is 0.789. The second kappa shape index (κ2) is 5.75. The highest BCUT2D eigenvalue weighted by molar-refractivity contribution is 7.08. The van der Waals surface area contributed by atoms with Crippen LogP contribution in [0.4, 0.5) is 0 Å². The molecule has 6 nitrogen and oxygen atoms in total. The Morgan fingerprint density at radius 2 is 2.00 bits per heavy atom. The third kappa shape index (κ3) is 2.28. The predicted molar refractivity (Wildman–Crippen MR) is 97.8 cm³/mol. The maximum Gasteiger partial charge on any atom is 0.267 e. The average molecular weight is 375 g/mol. The van der Waals surface area contributed by atoms with Gasteiger partial charge in [-0.05, 0) is 60.4 Å². The number of aromatic nitrogens is 2. The Morgan fingerprint density at radius 3 is 2.62 bits per heavy atom. The molecule has 7 heteroatoms. The van der Waals surface area contributed by atoms with Gasteiger partial charge < -0.3 is 9.80 Å². The summed E-state index contributed by atoms with van der Waals surface area (Å²) in [6.45, 7) is 5.52. The molecule has 0 spiro atoms. The van der Waals surface area contributed by atoms with Crippen LogP contribution in [0.5, 0.6) is 0 Å². The molecule has 4 saturated carbocycles. The van der Waals surface area contributed by atoms with Gasteiger partial charge in [-0.3, -0.25) is 9.59 Å². The number of hydrogen-bond acceptors (Lipinski definition) is 5. The van der Waals surface area contributed by atoms with E-state index >= 15 is 0 Å². The zero-order chi connectivity index (χ0) is 18.2. The zero-order valence-corrected chi connectivity index (χ0v) is 16.4. The molecule has 0 N–H and O–H groups in total. The topological polar surface area (TPSA) is 66.4 Å². The highest BCUT2D eigenvalue weighted by Gasteiger charge is 2.70. The van der Waals surface area contributed by atoms with Crippen LogP contribution in [0.2, 0.25) is 0 Å². The first-order chi connectivity index (χ1) is 12.5. The number of likely N-dealkylation sites (tertiary alicyclic amines) is 1. The number of carbonyl (C=O) groups is 2. The number of rotatable bonds is 4. The van der Waals surface area contributed by atoms with E-state index in [4.69, 9.17) is 0 Å². The molecule has 2 amide bonds. The summed E-state index contributed by atoms with van der Waals surface area (Å²) >= 11 is 1.18. The molecule has 1 aliphatic heterocycles. The van der Waals surface area contributed by atoms with Crippen molar-refractivity contribution in [3.8, 4) is 0 Å². The SMILES string of the molecule is CC(C)c1nnsc1C(=O)N(C)C1CCN(C(=O)C2C3CC4C(C3)C42)C1. The van der Waals surface area contributed by atoms with E-state index in [2.05, 4.69) is 9.59 Å². The molecular weight excluding hydrogens is 348 g/mol. The summed E-state index contributed by atoms with van der Waals surface area (Å²) in [6, 6.07) is 0.0972. The van der Waals surface area contributed by atoms with Crippen molar-refractivity contribution in [3.05, 3.63) is 10.6 Å². The number of nitrogens with zero attached hydrogens (tertiary/aromatic N) is 4. The van der Waals surface area contributed by atoms with Gasteiger partial charge in [-0.15, -0.1) is 5.10 Å². The Hall–Kier alpha value is -1.50. The van der Waals surface area contributed by atoms with Crippen molar-refractivity contribution >= 4 is 23.3 Å². The second-order valence-corrected chi connectivity index (χ2v) is 9.70. The lowest BCUT2D eigenvalue weighted by molar-refractivity contribution is -0.135. The van der Waals surface area contributed by atoms with Crippen LogP contribution in [-0.4, -0.2) is 57.4 Å². The third-order valence-corrected chi connectivity index (χ3v) is 8.08. The zero-order valence-electron chi connectivity index (χ0n) is 15.6. The van der Waals surface area contributed by atoms with Crippen LogP contribution >= 0.6 is 11.5 Å². The minimum absolute atomic E-state index is 0.00613. The Labute approximate surface area is 158 Å². The first-order valence-electron chi connectivity index (χ1n) is 9.85. The smallest absolute Gasteiger partial charge is 0.267 e. The number of carbonyl (C=O) groups excluding carboxylic acids is 2. The van der Waals surface area contributed by atoms with Crippen LogP contribution < -0.4 is 0 Å². The van der Waals surface area contributed by atoms with Gasteiger partial charge in [0.05, 0.1) is 11.7 Å². The molecular formula is C19H26N4O2S. The van der Waals surface area contributed by atoms with Crippen LogP contribution in [0.25, 0.3) is 0 Å². The monoisotopic (exact) mass is 374 g/mol. The maximum absolute atomic E-state index is 13.0. The molecule has 4 bridgehead atoms. The van der Waals surface area contributed by atoms with Gasteiger partial charge >= 0.3 is 0 Å². The summed E-state index contributed by atoms with van der Waals surface area (Å²) in [5.41, 5.74) is 0.781. The Bertz CT molecular complexity index is 748. The molecule has 6 rings (SSSR count). The highest BCUT2D eigenvalue weighted by atomic mass is 32.1. The Kier molecular flexibility index (Phi) is 3.68. The fourth-order valence-electron chi connectivity index (χ4n) is 5.96. The molecule has 1 aromatic rings. The van der Waals surface area contributed by atoms with Gasteiger partial charge in [-0.25, -0.2) is 0 Å². The fourth-order valence-corrected chi connectivity index (χ4v) is 6.76. The van der Waals surface area contributed by atoms with Crippen molar-refractivity contribution in [3.63, 3.8) is 0 Å². The van der Waals surface area contributed by atoms with Gasteiger partial charge in [-0.2, -0.15) is 0 Å². The van der Waals surface area contributed by atoms with E-state index in [1.54, 1.807) is 0 Å². The Morgan fingerprint density at radius 1 is 1.27 bits per heavy atom. The van der Waals surface area contributed by atoms with Crippen molar-refractivity contribution in [2.24, 2.45) is 29.6 Å². The van der Waals surface area contributed by atoms with Crippen molar-refractivity contribution in [2.45, 2.75) is 45.1 Å². The molecule has 4 unspecified atom stereocenters. The Balaban J connectivity index is 1.25. The van der Waals surface area contributed by atoms with Gasteiger partial charge in [0.25, 0.3) is 5.91 Å². The van der Waals surface area contributed by atoms with E-state index in [1.807, 2.05) is 30.7 Å². The van der Waals surface area contributed by atoms with E-state index in [0.717, 1.165) is 30.5 Å². The highest BCUT2D eigenvalue weighted by Crippen LogP contribution is 2.73. The van der Waals surface area contributed by atoms with Crippen molar-refractivity contribution in [1.29, 1.82) is 0 Å². The molecule has 5 aliphatic rings. The van der Waals surface area contributed by atoms with Crippen LogP contribution in [0.3, 0.4) is 0 Å². The van der Waals surface area contributed by atoms with E-state index < -0.39 is 0 Å². The normalized spacial score (nSPS) is 36.8. The van der Waals surface area contributed by atoms with E-state index in [-0.39, 0.29) is 17.9 Å². The summed E-state index contributed by atoms with van der Waals surface area (Å²) in [4.78, 5) is 30.4. The van der Waals surface area contributed by atoms with Gasteiger partial charge in [0.2, 0.25) is 5.91 Å². The third-order valence-electron chi connectivity index (χ3n) is 7.35. The largest absolute Gasteiger partial charge is 0.340 e. The molecule has 4 atom stereocenters. The quantitative estimate of drug-likeness (QED) is 0.811. The molecule has 5 fully saturated rings. The standard InChI is InChI=1S/C19H26N4O2S/c1-9(2)16-17(26-21-20-16)19(25)22(3)11-4-5-23(8-11)18(24)14-10-6-12-13(7-10)15(12)14/h9-15H,4-8H2,1-3H3. The summed E-state index contributed by atoms with van der Waals surface area (Å²) in [5, 5.41) is 4.12. The van der Waals surface area contributed by atoms with Crippen LogP contribution in [0.1, 0.15) is 54.4 Å². The molecule has 1 aromatic heterocycles. The van der Waals surface area contributed by atoms with Crippen molar-refractivity contribution < 1.29 is 9.59 Å². The van der Waals surface area contributed by atoms with Crippen molar-refractivity contribution in [2.75, 3.05) is 20.1 Å². The number of likely N-dealkylation sites (N-methyl/N-ethyl adjacent to an activating group) is 1. The lowest BCUT2D eigenvalue weighted by Crippen LogP contribution is -2.42. The lowest BCUT2D eigenvalue weighted by atomic mass is 9.97. The molecule has 2 heterocycles. The number of amides is 2. The maximum atomic E-state index is 13.0. The summed E-state index contributed by atoms with van der Waals surface area (Å²) in [7, 11) is 1.86. The molecule has 26 heavy (non-hydrogen) atoms. The van der Waals surface area contributed by atoms with Gasteiger partial charge in [-0.1, -0.05) is 18.3 Å². The first kappa shape index (κ1) is 16.7. The van der Waals surface area contributed by atoms with E-state index in [1.165, 1.54) is 24.4 Å². The van der Waals surface area contributed by atoms with Crippen LogP contribution in [0, 0.1) is 29.6 Å². The predicted octanol–water partition coefficient (Wildman–Crippen LogP) is 2.24. The first-order valence-corrected chi connectivity index (χ1v) is 10.6. The summed E-state index contributed by atoms with van der Waals surface area (Å²) < 4.78 is 3.97. The summed E-state index contributed by atoms with van der Waals surface area (Å²) in [6.07, 6.45) is 3.45. The van der Waals surface area contributed by atoms with Crippen molar-refractivity contribution in [1.82, 2.24) is 19.4 Å². The lowest BCUT2D eigenvalue weighted by Gasteiger charge is -2.26. The second-order valence-electron chi connectivity index (χ2n) is 8.95. The van der Waals surface area contributed by atoms with Gasteiger partial charge in [0.15, 0.2) is 0 Å². The molecule has 0 radical (unpaired) electrons. The average Bonchev–Trinajstić information content (AvgIpc) is 3.29. The van der Waals surface area contributed by atoms with Crippen LogP contribution in [-0.2, 0) is 4.79 Å². The van der Waals surface area contributed by atoms with Crippen LogP contribution in [0.15, 0.2) is 0 Å². The molecule has 1 saturated heterocycles. The minimum Gasteiger partial charge on any atom is -0.340 e.